The van der Waals surface area contributed by atoms with Gasteiger partial charge in [-0.25, -0.2) is 0 Å². The third-order valence-corrected chi connectivity index (χ3v) is 5.36. The highest BCUT2D eigenvalue weighted by molar-refractivity contribution is 8.00. The number of rotatable bonds is 6. The lowest BCUT2D eigenvalue weighted by Gasteiger charge is -2.17. The first-order valence-corrected chi connectivity index (χ1v) is 9.38. The van der Waals surface area contributed by atoms with Gasteiger partial charge in [0, 0.05) is 17.8 Å². The fourth-order valence-corrected chi connectivity index (χ4v) is 3.76. The highest BCUT2D eigenvalue weighted by Gasteiger charge is 2.25. The number of anilines is 1. The Labute approximate surface area is 166 Å². The number of ether oxygens (including phenoxy) is 1. The Bertz CT molecular complexity index is 938. The molecule has 7 heteroatoms. The average Bonchev–Trinajstić information content (AvgIpc) is 2.68. The lowest BCUT2D eigenvalue weighted by atomic mass is 10.1. The zero-order valence-corrected chi connectivity index (χ0v) is 16.0. The Morgan fingerprint density at radius 3 is 2.56 bits per heavy atom. The van der Waals surface area contributed by atoms with Gasteiger partial charge in [-0.3, -0.25) is 4.79 Å². The molecule has 1 heterocycles. The molecule has 3 aromatic rings. The number of thioether (sulfide) groups is 1. The lowest BCUT2D eigenvalue weighted by molar-refractivity contribution is -0.645. The molecule has 1 amide bonds. The lowest BCUT2D eigenvalue weighted by Crippen LogP contribution is -2.29. The molecule has 27 heavy (non-hydrogen) atoms. The summed E-state index contributed by atoms with van der Waals surface area (Å²) in [6.45, 7) is 0. The first-order chi connectivity index (χ1) is 13.1. The maximum atomic E-state index is 13.0. The van der Waals surface area contributed by atoms with Crippen LogP contribution in [0.25, 0.3) is 0 Å². The smallest absolute Gasteiger partial charge is 0.252 e. The van der Waals surface area contributed by atoms with Crippen LogP contribution in [-0.4, -0.2) is 13.0 Å². The van der Waals surface area contributed by atoms with Crippen molar-refractivity contribution in [1.29, 1.82) is 0 Å². The van der Waals surface area contributed by atoms with Gasteiger partial charge in [0.1, 0.15) is 11.0 Å². The molecule has 0 aliphatic heterocycles. The van der Waals surface area contributed by atoms with Crippen molar-refractivity contribution in [3.05, 3.63) is 88.7 Å². The zero-order valence-electron chi connectivity index (χ0n) is 14.5. The summed E-state index contributed by atoms with van der Waals surface area (Å²) in [6, 6.07) is 19.4. The van der Waals surface area contributed by atoms with Crippen LogP contribution >= 0.6 is 23.4 Å². The normalized spacial score (nSPS) is 11.6. The van der Waals surface area contributed by atoms with E-state index < -0.39 is 5.25 Å². The number of nitrogens with one attached hydrogen (secondary N) is 1. The van der Waals surface area contributed by atoms with E-state index in [1.165, 1.54) is 25.1 Å². The number of pyridine rings is 1. The maximum Gasteiger partial charge on any atom is 0.252 e. The summed E-state index contributed by atoms with van der Waals surface area (Å²) in [5.74, 6) is 0.275. The van der Waals surface area contributed by atoms with Crippen LogP contribution in [0.15, 0.2) is 78.0 Å². The van der Waals surface area contributed by atoms with Gasteiger partial charge in [-0.15, -0.1) is 0 Å². The molecule has 1 atom stereocenters. The van der Waals surface area contributed by atoms with Crippen molar-refractivity contribution in [2.45, 2.75) is 10.3 Å². The number of methoxy groups -OCH3 is 1. The fraction of sp³-hybridized carbons (Fsp3) is 0.100. The fourth-order valence-electron chi connectivity index (χ4n) is 2.48. The molecule has 0 aliphatic carbocycles. The highest BCUT2D eigenvalue weighted by atomic mass is 35.5. The number of carbonyl (C=O) groups is 1. The number of carbonyl (C=O) groups excluding carboxylic acids is 1. The summed E-state index contributed by atoms with van der Waals surface area (Å²) in [7, 11) is 1.53. The molecule has 1 aromatic heterocycles. The van der Waals surface area contributed by atoms with Crippen molar-refractivity contribution in [2.24, 2.45) is 0 Å². The number of amides is 1. The van der Waals surface area contributed by atoms with Gasteiger partial charge < -0.3 is 15.3 Å². The van der Waals surface area contributed by atoms with E-state index in [2.05, 4.69) is 5.32 Å². The zero-order chi connectivity index (χ0) is 19.2. The van der Waals surface area contributed by atoms with E-state index in [0.717, 1.165) is 10.3 Å². The van der Waals surface area contributed by atoms with Crippen molar-refractivity contribution < 1.29 is 14.3 Å². The van der Waals surface area contributed by atoms with Crippen LogP contribution in [0.2, 0.25) is 5.02 Å². The van der Waals surface area contributed by atoms with Crippen LogP contribution in [0.3, 0.4) is 0 Å². The Hall–Kier alpha value is -2.70. The molecule has 0 spiro atoms. The monoisotopic (exact) mass is 400 g/mol. The number of benzene rings is 2. The summed E-state index contributed by atoms with van der Waals surface area (Å²) < 4.78 is 5.88. The Morgan fingerprint density at radius 2 is 1.89 bits per heavy atom. The second-order valence-electron chi connectivity index (χ2n) is 5.61. The van der Waals surface area contributed by atoms with Gasteiger partial charge in [0.25, 0.3) is 5.03 Å². The minimum absolute atomic E-state index is 0.253. The molecule has 2 aromatic carbocycles. The summed E-state index contributed by atoms with van der Waals surface area (Å²) in [6.07, 6.45) is 1.41. The molecule has 3 rings (SSSR count). The van der Waals surface area contributed by atoms with Crippen LogP contribution < -0.4 is 14.8 Å². The van der Waals surface area contributed by atoms with E-state index in [4.69, 9.17) is 16.3 Å². The van der Waals surface area contributed by atoms with Gasteiger partial charge in [0.15, 0.2) is 6.20 Å². The minimum Gasteiger partial charge on any atom is -0.618 e. The molecular weight excluding hydrogens is 384 g/mol. The number of nitrogens with zero attached hydrogens (tertiary/aromatic N) is 1. The Kier molecular flexibility index (Phi) is 6.21. The van der Waals surface area contributed by atoms with E-state index in [1.807, 2.05) is 30.3 Å². The van der Waals surface area contributed by atoms with Crippen molar-refractivity contribution in [2.75, 3.05) is 12.4 Å². The summed E-state index contributed by atoms with van der Waals surface area (Å²) in [5, 5.41) is 15.1. The van der Waals surface area contributed by atoms with Crippen LogP contribution in [0.1, 0.15) is 10.8 Å². The molecule has 1 N–H and O–H groups in total. The Balaban J connectivity index is 1.87. The Morgan fingerprint density at radius 1 is 1.15 bits per heavy atom. The van der Waals surface area contributed by atoms with Gasteiger partial charge in [0.05, 0.1) is 12.1 Å². The molecule has 5 nitrogen and oxygen atoms in total. The van der Waals surface area contributed by atoms with Crippen molar-refractivity contribution in [3.8, 4) is 5.75 Å². The SMILES string of the molecule is COc1ccc(NC(=O)[C@H](Sc2cccc[n+]2[O-])c2ccccc2)cc1Cl. The van der Waals surface area contributed by atoms with Crippen LogP contribution in [-0.2, 0) is 4.79 Å². The van der Waals surface area contributed by atoms with E-state index in [0.29, 0.717) is 21.5 Å². The second kappa shape index (κ2) is 8.79. The third-order valence-electron chi connectivity index (χ3n) is 3.79. The highest BCUT2D eigenvalue weighted by Crippen LogP contribution is 2.35. The van der Waals surface area contributed by atoms with E-state index in [9.17, 15) is 10.0 Å². The van der Waals surface area contributed by atoms with Crippen LogP contribution in [0.5, 0.6) is 5.75 Å². The molecule has 0 aliphatic rings. The van der Waals surface area contributed by atoms with Crippen molar-refractivity contribution in [1.82, 2.24) is 0 Å². The van der Waals surface area contributed by atoms with Gasteiger partial charge in [-0.1, -0.05) is 41.9 Å². The largest absolute Gasteiger partial charge is 0.618 e. The molecule has 138 valence electrons. The molecule has 0 radical (unpaired) electrons. The first-order valence-electron chi connectivity index (χ1n) is 8.12. The van der Waals surface area contributed by atoms with Crippen LogP contribution in [0, 0.1) is 5.21 Å². The summed E-state index contributed by atoms with van der Waals surface area (Å²) in [4.78, 5) is 13.0. The van der Waals surface area contributed by atoms with E-state index in [1.54, 1.807) is 36.4 Å². The summed E-state index contributed by atoms with van der Waals surface area (Å²) in [5.41, 5.74) is 1.35. The van der Waals surface area contributed by atoms with Crippen molar-refractivity contribution >= 4 is 35.0 Å². The van der Waals surface area contributed by atoms with Crippen molar-refractivity contribution in [3.63, 3.8) is 0 Å². The number of aromatic nitrogens is 1. The first kappa shape index (κ1) is 19.1. The molecule has 0 unspecified atom stereocenters. The number of halogens is 1. The molecule has 0 saturated carbocycles. The molecule has 0 saturated heterocycles. The molecule has 0 bridgehead atoms. The predicted molar refractivity (Wildman–Crippen MR) is 107 cm³/mol. The van der Waals surface area contributed by atoms with E-state index in [-0.39, 0.29) is 5.91 Å². The number of hydrogen-bond acceptors (Lipinski definition) is 4. The maximum absolute atomic E-state index is 13.0. The van der Waals surface area contributed by atoms with Crippen LogP contribution in [0.4, 0.5) is 5.69 Å². The van der Waals surface area contributed by atoms with Gasteiger partial charge >= 0.3 is 0 Å². The topological polar surface area (TPSA) is 65.3 Å². The molecular formula is C20H17ClN2O3S. The second-order valence-corrected chi connectivity index (χ2v) is 7.14. The van der Waals surface area contributed by atoms with Gasteiger partial charge in [-0.05, 0) is 41.6 Å². The van der Waals surface area contributed by atoms with Gasteiger partial charge in [0.2, 0.25) is 5.91 Å². The predicted octanol–water partition coefficient (Wildman–Crippen LogP) is 4.45. The minimum atomic E-state index is -0.602. The number of hydrogen-bond donors (Lipinski definition) is 1. The molecule has 0 fully saturated rings. The summed E-state index contributed by atoms with van der Waals surface area (Å²) >= 11 is 7.32. The average molecular weight is 401 g/mol. The standard InChI is InChI=1S/C20H17ClN2O3S/c1-26-17-11-10-15(13-16(17)21)22-20(24)19(14-7-3-2-4-8-14)27-18-9-5-6-12-23(18)25/h2-13,19H,1H3,(H,22,24)/t19-/m1/s1. The quantitative estimate of drug-likeness (QED) is 0.377. The third kappa shape index (κ3) is 4.72. The van der Waals surface area contributed by atoms with Gasteiger partial charge in [-0.2, -0.15) is 4.73 Å². The van der Waals surface area contributed by atoms with E-state index >= 15 is 0 Å².